The molecule has 134 valence electrons. The molecule has 0 amide bonds. The predicted octanol–water partition coefficient (Wildman–Crippen LogP) is 3.63. The minimum absolute atomic E-state index is 0.835. The molecule has 1 aromatic heterocycles. The second-order valence-corrected chi connectivity index (χ2v) is 6.72. The minimum atomic E-state index is 0.835. The lowest BCUT2D eigenvalue weighted by molar-refractivity contribution is 0.639. The van der Waals surface area contributed by atoms with Crippen LogP contribution < -0.4 is 15.1 Å². The van der Waals surface area contributed by atoms with Crippen molar-refractivity contribution < 1.29 is 0 Å². The van der Waals surface area contributed by atoms with E-state index in [1.165, 1.54) is 23.2 Å². The lowest BCUT2D eigenvalue weighted by Crippen LogP contribution is -2.47. The fourth-order valence-electron chi connectivity index (χ4n) is 3.22. The lowest BCUT2D eigenvalue weighted by Gasteiger charge is -2.37. The van der Waals surface area contributed by atoms with Crippen LogP contribution >= 0.6 is 0 Å². The third-order valence-corrected chi connectivity index (χ3v) is 4.96. The van der Waals surface area contributed by atoms with Crippen LogP contribution in [0, 0.1) is 13.8 Å². The Morgan fingerprint density at radius 3 is 2.56 bits per heavy atom. The number of benzene rings is 1. The molecule has 1 N–H and O–H groups in total. The molecule has 1 aliphatic heterocycles. The van der Waals surface area contributed by atoms with Gasteiger partial charge in [-0.2, -0.15) is 4.98 Å². The summed E-state index contributed by atoms with van der Waals surface area (Å²) < 4.78 is 0. The zero-order valence-corrected chi connectivity index (χ0v) is 15.6. The van der Waals surface area contributed by atoms with Crippen LogP contribution in [-0.4, -0.2) is 42.7 Å². The van der Waals surface area contributed by atoms with Crippen LogP contribution in [0.5, 0.6) is 0 Å². The van der Waals surface area contributed by atoms with Crippen LogP contribution in [0.1, 0.15) is 30.9 Å². The van der Waals surface area contributed by atoms with E-state index in [9.17, 15) is 0 Å². The minimum Gasteiger partial charge on any atom is -0.370 e. The lowest BCUT2D eigenvalue weighted by atomic mass is 10.1. The SMILES string of the molecule is CCCCNc1ccnc(N2CCN(c3cccc(C)c3C)CC2)n1. The number of hydrogen-bond donors (Lipinski definition) is 1. The molecule has 0 atom stereocenters. The van der Waals surface area contributed by atoms with Crippen LogP contribution in [0.2, 0.25) is 0 Å². The third-order valence-electron chi connectivity index (χ3n) is 4.96. The third kappa shape index (κ3) is 4.21. The van der Waals surface area contributed by atoms with Gasteiger partial charge in [0.25, 0.3) is 0 Å². The van der Waals surface area contributed by atoms with E-state index in [4.69, 9.17) is 0 Å². The van der Waals surface area contributed by atoms with Gasteiger partial charge in [0, 0.05) is 44.6 Å². The topological polar surface area (TPSA) is 44.3 Å². The van der Waals surface area contributed by atoms with Gasteiger partial charge in [-0.25, -0.2) is 4.98 Å². The highest BCUT2D eigenvalue weighted by Gasteiger charge is 2.20. The van der Waals surface area contributed by atoms with Crippen LogP contribution in [0.25, 0.3) is 0 Å². The molecule has 0 spiro atoms. The summed E-state index contributed by atoms with van der Waals surface area (Å²) >= 11 is 0. The smallest absolute Gasteiger partial charge is 0.227 e. The quantitative estimate of drug-likeness (QED) is 0.814. The number of anilines is 3. The van der Waals surface area contributed by atoms with E-state index in [0.717, 1.165) is 50.9 Å². The number of piperazine rings is 1. The van der Waals surface area contributed by atoms with Gasteiger partial charge in [0.05, 0.1) is 0 Å². The van der Waals surface area contributed by atoms with Gasteiger partial charge in [-0.1, -0.05) is 25.5 Å². The summed E-state index contributed by atoms with van der Waals surface area (Å²) in [5.74, 6) is 1.76. The molecule has 25 heavy (non-hydrogen) atoms. The number of unbranched alkanes of at least 4 members (excludes halogenated alkanes) is 1. The number of nitrogens with zero attached hydrogens (tertiary/aromatic N) is 4. The van der Waals surface area contributed by atoms with E-state index >= 15 is 0 Å². The molecule has 0 saturated carbocycles. The summed E-state index contributed by atoms with van der Waals surface area (Å²) in [5, 5.41) is 3.39. The monoisotopic (exact) mass is 339 g/mol. The van der Waals surface area contributed by atoms with Gasteiger partial charge in [0.1, 0.15) is 5.82 Å². The highest BCUT2D eigenvalue weighted by Crippen LogP contribution is 2.24. The maximum absolute atomic E-state index is 4.68. The molecule has 0 radical (unpaired) electrons. The highest BCUT2D eigenvalue weighted by atomic mass is 15.3. The van der Waals surface area contributed by atoms with E-state index in [0.29, 0.717) is 0 Å². The van der Waals surface area contributed by atoms with Crippen LogP contribution in [0.4, 0.5) is 17.5 Å². The van der Waals surface area contributed by atoms with E-state index in [1.807, 2.05) is 12.3 Å². The summed E-state index contributed by atoms with van der Waals surface area (Å²) in [6, 6.07) is 8.51. The summed E-state index contributed by atoms with van der Waals surface area (Å²) in [7, 11) is 0. The van der Waals surface area contributed by atoms with Crippen molar-refractivity contribution in [2.75, 3.05) is 47.8 Å². The van der Waals surface area contributed by atoms with Gasteiger partial charge in [0.2, 0.25) is 5.95 Å². The Bertz CT molecular complexity index is 692. The van der Waals surface area contributed by atoms with Crippen LogP contribution in [0.3, 0.4) is 0 Å². The molecule has 2 aromatic rings. The van der Waals surface area contributed by atoms with Crippen molar-refractivity contribution in [1.82, 2.24) is 9.97 Å². The van der Waals surface area contributed by atoms with Gasteiger partial charge in [-0.3, -0.25) is 0 Å². The second-order valence-electron chi connectivity index (χ2n) is 6.72. The van der Waals surface area contributed by atoms with Crippen molar-refractivity contribution in [3.05, 3.63) is 41.6 Å². The van der Waals surface area contributed by atoms with E-state index in [-0.39, 0.29) is 0 Å². The molecule has 5 nitrogen and oxygen atoms in total. The Balaban J connectivity index is 1.62. The zero-order valence-electron chi connectivity index (χ0n) is 15.6. The van der Waals surface area contributed by atoms with Gasteiger partial charge >= 0.3 is 0 Å². The maximum Gasteiger partial charge on any atom is 0.227 e. The normalized spacial score (nSPS) is 14.7. The maximum atomic E-state index is 4.68. The molecule has 3 rings (SSSR count). The fraction of sp³-hybridized carbons (Fsp3) is 0.500. The van der Waals surface area contributed by atoms with Gasteiger partial charge in [-0.15, -0.1) is 0 Å². The Morgan fingerprint density at radius 1 is 1.04 bits per heavy atom. The fourth-order valence-corrected chi connectivity index (χ4v) is 3.22. The first kappa shape index (κ1) is 17.5. The van der Waals surface area contributed by atoms with Crippen molar-refractivity contribution in [2.24, 2.45) is 0 Å². The van der Waals surface area contributed by atoms with Crippen LogP contribution in [-0.2, 0) is 0 Å². The molecule has 2 heterocycles. The van der Waals surface area contributed by atoms with E-state index in [2.05, 4.69) is 64.1 Å². The molecule has 0 unspecified atom stereocenters. The number of hydrogen-bond acceptors (Lipinski definition) is 5. The summed E-state index contributed by atoms with van der Waals surface area (Å²) in [5.41, 5.74) is 4.10. The summed E-state index contributed by atoms with van der Waals surface area (Å²) in [6.07, 6.45) is 4.20. The second kappa shape index (κ2) is 8.19. The van der Waals surface area contributed by atoms with Crippen LogP contribution in [0.15, 0.2) is 30.5 Å². The molecule has 1 saturated heterocycles. The first-order chi connectivity index (χ1) is 12.2. The molecule has 1 aromatic carbocycles. The van der Waals surface area contributed by atoms with Gasteiger partial charge in [-0.05, 0) is 43.5 Å². The molecule has 1 aliphatic rings. The van der Waals surface area contributed by atoms with Crippen molar-refractivity contribution in [1.29, 1.82) is 0 Å². The van der Waals surface area contributed by atoms with Crippen molar-refractivity contribution in [3.8, 4) is 0 Å². The number of nitrogens with one attached hydrogen (secondary N) is 1. The summed E-state index contributed by atoms with van der Waals surface area (Å²) in [4.78, 5) is 13.9. The molecular formula is C20H29N5. The number of aryl methyl sites for hydroxylation is 1. The van der Waals surface area contributed by atoms with Crippen molar-refractivity contribution in [2.45, 2.75) is 33.6 Å². The highest BCUT2D eigenvalue weighted by molar-refractivity contribution is 5.57. The first-order valence-corrected chi connectivity index (χ1v) is 9.32. The average molecular weight is 339 g/mol. The Kier molecular flexibility index (Phi) is 5.74. The first-order valence-electron chi connectivity index (χ1n) is 9.32. The van der Waals surface area contributed by atoms with E-state index < -0.39 is 0 Å². The Labute approximate surface area is 151 Å². The average Bonchev–Trinajstić information content (AvgIpc) is 2.65. The molecular weight excluding hydrogens is 310 g/mol. The predicted molar refractivity (Wildman–Crippen MR) is 106 cm³/mol. The van der Waals surface area contributed by atoms with Gasteiger partial charge in [0.15, 0.2) is 0 Å². The number of aromatic nitrogens is 2. The largest absolute Gasteiger partial charge is 0.370 e. The van der Waals surface area contributed by atoms with E-state index in [1.54, 1.807) is 0 Å². The Morgan fingerprint density at radius 2 is 1.80 bits per heavy atom. The molecule has 5 heteroatoms. The van der Waals surface area contributed by atoms with Crippen molar-refractivity contribution >= 4 is 17.5 Å². The number of rotatable bonds is 6. The standard InChI is InChI=1S/C20H29N5/c1-4-5-10-21-19-9-11-22-20(23-19)25-14-12-24(13-15-25)18-8-6-7-16(2)17(18)3/h6-9,11H,4-5,10,12-15H2,1-3H3,(H,21,22,23). The van der Waals surface area contributed by atoms with Gasteiger partial charge < -0.3 is 15.1 Å². The Hall–Kier alpha value is -2.30. The molecule has 1 fully saturated rings. The molecule has 0 bridgehead atoms. The zero-order chi connectivity index (χ0) is 17.6. The van der Waals surface area contributed by atoms with Crippen molar-refractivity contribution in [3.63, 3.8) is 0 Å². The summed E-state index contributed by atoms with van der Waals surface area (Å²) in [6.45, 7) is 11.5. The molecule has 0 aliphatic carbocycles.